The zero-order chi connectivity index (χ0) is 16.3. The lowest BCUT2D eigenvalue weighted by atomic mass is 10.1. The van der Waals surface area contributed by atoms with Gasteiger partial charge in [0, 0.05) is 32.8 Å². The zero-order valence-corrected chi connectivity index (χ0v) is 14.5. The van der Waals surface area contributed by atoms with Crippen molar-refractivity contribution in [1.29, 1.82) is 0 Å². The summed E-state index contributed by atoms with van der Waals surface area (Å²) >= 11 is 0. The largest absolute Gasteiger partial charge is 0.444 e. The highest BCUT2D eigenvalue weighted by molar-refractivity contribution is 5.67. The number of nitrogens with one attached hydrogen (secondary N) is 2. The van der Waals surface area contributed by atoms with Gasteiger partial charge in [-0.05, 0) is 47.7 Å². The van der Waals surface area contributed by atoms with Crippen LogP contribution in [0, 0.1) is 0 Å². The van der Waals surface area contributed by atoms with Gasteiger partial charge in [0.1, 0.15) is 5.60 Å². The molecule has 1 unspecified atom stereocenters. The van der Waals surface area contributed by atoms with E-state index in [1.807, 2.05) is 20.8 Å². The van der Waals surface area contributed by atoms with Crippen LogP contribution in [0.1, 0.15) is 33.6 Å². The monoisotopic (exact) mass is 303 g/mol. The van der Waals surface area contributed by atoms with Gasteiger partial charge in [-0.15, -0.1) is 0 Å². The number of rotatable bonds is 10. The molecule has 0 heterocycles. The van der Waals surface area contributed by atoms with Crippen LogP contribution in [0.2, 0.25) is 0 Å². The molecular weight excluding hydrogens is 270 g/mol. The Balaban J connectivity index is 3.80. The molecule has 1 atom stereocenters. The second-order valence-corrected chi connectivity index (χ2v) is 6.48. The lowest BCUT2D eigenvalue weighted by Crippen LogP contribution is -2.38. The van der Waals surface area contributed by atoms with E-state index >= 15 is 0 Å². The molecule has 0 fully saturated rings. The molecule has 0 aliphatic carbocycles. The van der Waals surface area contributed by atoms with Crippen molar-refractivity contribution in [3.8, 4) is 0 Å². The average molecular weight is 303 g/mol. The summed E-state index contributed by atoms with van der Waals surface area (Å²) in [4.78, 5) is 13.6. The highest BCUT2D eigenvalue weighted by Crippen LogP contribution is 2.06. The number of methoxy groups -OCH3 is 1. The Morgan fingerprint density at radius 2 is 1.90 bits per heavy atom. The molecule has 0 aliphatic rings. The fourth-order valence-corrected chi connectivity index (χ4v) is 1.79. The van der Waals surface area contributed by atoms with E-state index in [9.17, 15) is 4.79 Å². The van der Waals surface area contributed by atoms with Gasteiger partial charge in [0.15, 0.2) is 0 Å². The van der Waals surface area contributed by atoms with E-state index in [0.717, 1.165) is 25.9 Å². The summed E-state index contributed by atoms with van der Waals surface area (Å²) in [6.07, 6.45) is 1.49. The van der Waals surface area contributed by atoms with Crippen molar-refractivity contribution >= 4 is 6.09 Å². The van der Waals surface area contributed by atoms with E-state index < -0.39 is 5.60 Å². The van der Waals surface area contributed by atoms with Crippen LogP contribution in [-0.2, 0) is 9.47 Å². The SMILES string of the molecule is COCC(CCCNC(=O)OC(C)(C)C)NCCN(C)C. The Hall–Kier alpha value is -0.850. The zero-order valence-electron chi connectivity index (χ0n) is 14.5. The molecular formula is C15H33N3O3. The molecule has 0 radical (unpaired) electrons. The number of amides is 1. The molecule has 0 aliphatic heterocycles. The Morgan fingerprint density at radius 3 is 2.43 bits per heavy atom. The van der Waals surface area contributed by atoms with Gasteiger partial charge in [-0.3, -0.25) is 0 Å². The highest BCUT2D eigenvalue weighted by Gasteiger charge is 2.15. The second-order valence-electron chi connectivity index (χ2n) is 6.48. The lowest BCUT2D eigenvalue weighted by Gasteiger charge is -2.21. The standard InChI is InChI=1S/C15H33N3O3/c1-15(2,3)21-14(19)17-9-7-8-13(12-20-6)16-10-11-18(4)5/h13,16H,7-12H2,1-6H3,(H,17,19). The highest BCUT2D eigenvalue weighted by atomic mass is 16.6. The summed E-state index contributed by atoms with van der Waals surface area (Å²) in [5.41, 5.74) is -0.448. The number of likely N-dealkylation sites (N-methyl/N-ethyl adjacent to an activating group) is 1. The minimum atomic E-state index is -0.448. The molecule has 0 aromatic rings. The smallest absolute Gasteiger partial charge is 0.407 e. The second kappa shape index (κ2) is 10.8. The fourth-order valence-electron chi connectivity index (χ4n) is 1.79. The lowest BCUT2D eigenvalue weighted by molar-refractivity contribution is 0.0526. The molecule has 2 N–H and O–H groups in total. The van der Waals surface area contributed by atoms with Crippen molar-refractivity contribution in [1.82, 2.24) is 15.5 Å². The molecule has 1 amide bonds. The normalized spacial score (nSPS) is 13.3. The molecule has 0 rings (SSSR count). The summed E-state index contributed by atoms with van der Waals surface area (Å²) in [7, 11) is 5.81. The number of ether oxygens (including phenoxy) is 2. The van der Waals surface area contributed by atoms with Crippen LogP contribution in [0.3, 0.4) is 0 Å². The van der Waals surface area contributed by atoms with Crippen molar-refractivity contribution in [2.45, 2.75) is 45.3 Å². The van der Waals surface area contributed by atoms with Gasteiger partial charge in [0.25, 0.3) is 0 Å². The van der Waals surface area contributed by atoms with Crippen molar-refractivity contribution in [3.05, 3.63) is 0 Å². The van der Waals surface area contributed by atoms with Crippen molar-refractivity contribution in [2.75, 3.05) is 47.4 Å². The first-order valence-corrected chi connectivity index (χ1v) is 7.58. The van der Waals surface area contributed by atoms with E-state index in [2.05, 4.69) is 29.6 Å². The minimum Gasteiger partial charge on any atom is -0.444 e. The van der Waals surface area contributed by atoms with Crippen LogP contribution in [0.25, 0.3) is 0 Å². The van der Waals surface area contributed by atoms with Crippen molar-refractivity contribution in [3.63, 3.8) is 0 Å². The van der Waals surface area contributed by atoms with Crippen LogP contribution >= 0.6 is 0 Å². The van der Waals surface area contributed by atoms with Crippen LogP contribution in [0.15, 0.2) is 0 Å². The summed E-state index contributed by atoms with van der Waals surface area (Å²) in [6, 6.07) is 0.315. The first-order valence-electron chi connectivity index (χ1n) is 7.58. The summed E-state index contributed by atoms with van der Waals surface area (Å²) in [5, 5.41) is 6.24. The van der Waals surface area contributed by atoms with Gasteiger partial charge in [0.05, 0.1) is 6.61 Å². The predicted octanol–water partition coefficient (Wildman–Crippen LogP) is 1.46. The number of hydrogen-bond donors (Lipinski definition) is 2. The predicted molar refractivity (Wildman–Crippen MR) is 85.7 cm³/mol. The Kier molecular flexibility index (Phi) is 10.4. The van der Waals surface area contributed by atoms with Crippen LogP contribution in [0.4, 0.5) is 4.79 Å². The third-order valence-electron chi connectivity index (χ3n) is 2.76. The Labute approximate surface area is 129 Å². The number of carbonyl (C=O) groups is 1. The number of nitrogens with zero attached hydrogens (tertiary/aromatic N) is 1. The van der Waals surface area contributed by atoms with Gasteiger partial charge in [-0.2, -0.15) is 0 Å². The average Bonchev–Trinajstić information content (AvgIpc) is 2.31. The quantitative estimate of drug-likeness (QED) is 0.598. The number of carbonyl (C=O) groups excluding carboxylic acids is 1. The summed E-state index contributed by atoms with van der Waals surface area (Å²) in [6.45, 7) is 8.79. The molecule has 0 bridgehead atoms. The van der Waals surface area contributed by atoms with E-state index in [1.165, 1.54) is 0 Å². The van der Waals surface area contributed by atoms with Crippen LogP contribution < -0.4 is 10.6 Å². The third-order valence-corrected chi connectivity index (χ3v) is 2.76. The maximum absolute atomic E-state index is 11.5. The molecule has 0 aromatic carbocycles. The van der Waals surface area contributed by atoms with E-state index in [0.29, 0.717) is 19.2 Å². The first-order chi connectivity index (χ1) is 9.74. The van der Waals surface area contributed by atoms with E-state index in [1.54, 1.807) is 7.11 Å². The Morgan fingerprint density at radius 1 is 1.24 bits per heavy atom. The van der Waals surface area contributed by atoms with E-state index in [4.69, 9.17) is 9.47 Å². The van der Waals surface area contributed by atoms with Crippen LogP contribution in [-0.4, -0.2) is 70.1 Å². The van der Waals surface area contributed by atoms with E-state index in [-0.39, 0.29) is 6.09 Å². The minimum absolute atomic E-state index is 0.315. The maximum atomic E-state index is 11.5. The first kappa shape index (κ1) is 20.1. The van der Waals surface area contributed by atoms with Crippen LogP contribution in [0.5, 0.6) is 0 Å². The van der Waals surface area contributed by atoms with Gasteiger partial charge < -0.3 is 25.0 Å². The molecule has 6 heteroatoms. The molecule has 6 nitrogen and oxygen atoms in total. The molecule has 0 aromatic heterocycles. The fraction of sp³-hybridized carbons (Fsp3) is 0.933. The molecule has 0 saturated heterocycles. The van der Waals surface area contributed by atoms with Crippen molar-refractivity contribution < 1.29 is 14.3 Å². The molecule has 0 saturated carbocycles. The maximum Gasteiger partial charge on any atom is 0.407 e. The molecule has 0 spiro atoms. The number of hydrogen-bond acceptors (Lipinski definition) is 5. The third kappa shape index (κ3) is 13.9. The summed E-state index contributed by atoms with van der Waals surface area (Å²) < 4.78 is 10.4. The topological polar surface area (TPSA) is 62.8 Å². The Bertz CT molecular complexity index is 278. The van der Waals surface area contributed by atoms with Crippen molar-refractivity contribution in [2.24, 2.45) is 0 Å². The molecule has 21 heavy (non-hydrogen) atoms. The van der Waals surface area contributed by atoms with Gasteiger partial charge in [-0.1, -0.05) is 0 Å². The van der Waals surface area contributed by atoms with Gasteiger partial charge in [0.2, 0.25) is 0 Å². The van der Waals surface area contributed by atoms with Gasteiger partial charge in [-0.25, -0.2) is 4.79 Å². The summed E-state index contributed by atoms with van der Waals surface area (Å²) in [5.74, 6) is 0. The van der Waals surface area contributed by atoms with Gasteiger partial charge >= 0.3 is 6.09 Å². The molecule has 126 valence electrons. The number of alkyl carbamates (subject to hydrolysis) is 1.